The number of ketones is 1. The first kappa shape index (κ1) is 24.3. The van der Waals surface area contributed by atoms with Crippen LogP contribution in [-0.2, 0) is 18.3 Å². The first-order chi connectivity index (χ1) is 16.0. The number of likely N-dealkylation sites (N-methyl/N-ethyl adjacent to an activating group) is 1. The van der Waals surface area contributed by atoms with Crippen LogP contribution in [0.4, 0.5) is 13.2 Å². The summed E-state index contributed by atoms with van der Waals surface area (Å²) in [5, 5.41) is 0. The molecule has 0 saturated carbocycles. The predicted octanol–water partition coefficient (Wildman–Crippen LogP) is 4.43. The lowest BCUT2D eigenvalue weighted by Crippen LogP contribution is -2.56. The van der Waals surface area contributed by atoms with E-state index in [1.54, 1.807) is 4.90 Å². The monoisotopic (exact) mass is 477 g/mol. The number of halogens is 3. The summed E-state index contributed by atoms with van der Waals surface area (Å²) in [7, 11) is 3.23. The highest BCUT2D eigenvalue weighted by Gasteiger charge is 2.45. The molecule has 1 aromatic carbocycles. The maximum atomic E-state index is 13.4. The number of alkyl halides is 3. The second-order valence-electron chi connectivity index (χ2n) is 9.43. The van der Waals surface area contributed by atoms with Gasteiger partial charge in [-0.1, -0.05) is 13.8 Å². The predicted molar refractivity (Wildman–Crippen MR) is 121 cm³/mol. The summed E-state index contributed by atoms with van der Waals surface area (Å²) >= 11 is 0. The maximum Gasteiger partial charge on any atom is 0.419 e. The average Bonchev–Trinajstić information content (AvgIpc) is 3.25. The molecule has 0 N–H and O–H groups in total. The minimum Gasteiger partial charge on any atom is -0.496 e. The van der Waals surface area contributed by atoms with E-state index in [9.17, 15) is 22.8 Å². The van der Waals surface area contributed by atoms with Gasteiger partial charge in [0.1, 0.15) is 5.75 Å². The fourth-order valence-corrected chi connectivity index (χ4v) is 5.25. The van der Waals surface area contributed by atoms with E-state index in [1.807, 2.05) is 26.0 Å². The van der Waals surface area contributed by atoms with Gasteiger partial charge in [0.2, 0.25) is 0 Å². The molecule has 2 aromatic rings. The van der Waals surface area contributed by atoms with Crippen molar-refractivity contribution in [2.45, 2.75) is 44.9 Å². The minimum absolute atomic E-state index is 0.00531. The SMILES string of the molecule is COc1ccc(C(=O)N2CCC3(CC2)c2ccc(C(=O)C(C)C)n2CCN3C)cc1C(F)(F)F. The number of likely N-dealkylation sites (tertiary alicyclic amines) is 1. The minimum atomic E-state index is -4.62. The summed E-state index contributed by atoms with van der Waals surface area (Å²) in [6.45, 7) is 6.11. The maximum absolute atomic E-state index is 13.4. The fraction of sp³-hybridized carbons (Fsp3) is 0.520. The van der Waals surface area contributed by atoms with Gasteiger partial charge in [0, 0.05) is 43.4 Å². The largest absolute Gasteiger partial charge is 0.496 e. The Morgan fingerprint density at radius 2 is 1.71 bits per heavy atom. The van der Waals surface area contributed by atoms with Crippen molar-refractivity contribution in [1.82, 2.24) is 14.4 Å². The van der Waals surface area contributed by atoms with E-state index in [4.69, 9.17) is 4.74 Å². The van der Waals surface area contributed by atoms with E-state index >= 15 is 0 Å². The molecular formula is C25H30F3N3O3. The molecular weight excluding hydrogens is 447 g/mol. The lowest BCUT2D eigenvalue weighted by Gasteiger charge is -2.50. The number of benzene rings is 1. The smallest absolute Gasteiger partial charge is 0.419 e. The van der Waals surface area contributed by atoms with Gasteiger partial charge in [-0.3, -0.25) is 14.5 Å². The van der Waals surface area contributed by atoms with Gasteiger partial charge in [0.15, 0.2) is 5.78 Å². The Hall–Kier alpha value is -2.81. The highest BCUT2D eigenvalue weighted by atomic mass is 19.4. The summed E-state index contributed by atoms with van der Waals surface area (Å²) in [5.41, 5.74) is 0.507. The van der Waals surface area contributed by atoms with Gasteiger partial charge < -0.3 is 14.2 Å². The van der Waals surface area contributed by atoms with Crippen LogP contribution in [0, 0.1) is 5.92 Å². The molecule has 2 aliphatic heterocycles. The number of amides is 1. The number of carbonyl (C=O) groups excluding carboxylic acids is 2. The molecule has 1 amide bonds. The highest BCUT2D eigenvalue weighted by molar-refractivity contribution is 5.96. The summed E-state index contributed by atoms with van der Waals surface area (Å²) in [5.74, 6) is -0.718. The van der Waals surface area contributed by atoms with Crippen molar-refractivity contribution in [1.29, 1.82) is 0 Å². The molecule has 1 spiro atoms. The van der Waals surface area contributed by atoms with E-state index in [0.29, 0.717) is 31.6 Å². The van der Waals surface area contributed by atoms with Gasteiger partial charge in [-0.15, -0.1) is 0 Å². The van der Waals surface area contributed by atoms with Gasteiger partial charge >= 0.3 is 6.18 Å². The first-order valence-corrected chi connectivity index (χ1v) is 11.5. The average molecular weight is 478 g/mol. The molecule has 4 rings (SSSR count). The second-order valence-corrected chi connectivity index (χ2v) is 9.43. The number of hydrogen-bond donors (Lipinski definition) is 0. The molecule has 0 radical (unpaired) electrons. The highest BCUT2D eigenvalue weighted by Crippen LogP contribution is 2.42. The normalized spacial score (nSPS) is 18.3. The summed E-state index contributed by atoms with van der Waals surface area (Å²) in [6.07, 6.45) is -3.34. The van der Waals surface area contributed by atoms with E-state index in [-0.39, 0.29) is 28.6 Å². The van der Waals surface area contributed by atoms with Crippen molar-refractivity contribution >= 4 is 11.7 Å². The standard InChI is InChI=1S/C25H30F3N3O3/c1-16(2)22(32)19-6-8-21-24(29(3)13-14-31(19)21)9-11-30(12-10-24)23(33)17-5-7-20(34-4)18(15-17)25(26,27)28/h5-8,15-16H,9-14H2,1-4H3. The molecule has 0 aliphatic carbocycles. The number of fused-ring (bicyclic) bond motifs is 2. The van der Waals surface area contributed by atoms with Crippen molar-refractivity contribution in [2.24, 2.45) is 5.92 Å². The van der Waals surface area contributed by atoms with Crippen molar-refractivity contribution < 1.29 is 27.5 Å². The Kier molecular flexibility index (Phi) is 6.27. The van der Waals surface area contributed by atoms with Crippen molar-refractivity contribution in [3.8, 4) is 5.75 Å². The summed E-state index contributed by atoms with van der Waals surface area (Å²) < 4.78 is 47.2. The molecule has 6 nitrogen and oxygen atoms in total. The van der Waals surface area contributed by atoms with Gasteiger partial charge in [0.25, 0.3) is 5.91 Å². The zero-order valence-corrected chi connectivity index (χ0v) is 19.9. The Balaban J connectivity index is 1.57. The lowest BCUT2D eigenvalue weighted by atomic mass is 9.81. The zero-order chi connectivity index (χ0) is 24.8. The van der Waals surface area contributed by atoms with Crippen LogP contribution in [0.2, 0.25) is 0 Å². The van der Waals surface area contributed by atoms with Crippen LogP contribution in [0.15, 0.2) is 30.3 Å². The molecule has 1 aromatic heterocycles. The number of ether oxygens (including phenoxy) is 1. The van der Waals surface area contributed by atoms with E-state index in [0.717, 1.165) is 24.8 Å². The van der Waals surface area contributed by atoms with Crippen LogP contribution in [0.25, 0.3) is 0 Å². The Morgan fingerprint density at radius 1 is 1.03 bits per heavy atom. The molecule has 1 fully saturated rings. The number of carbonyl (C=O) groups is 2. The van der Waals surface area contributed by atoms with Gasteiger partial charge in [-0.2, -0.15) is 13.2 Å². The van der Waals surface area contributed by atoms with Crippen molar-refractivity contribution in [3.63, 3.8) is 0 Å². The molecule has 9 heteroatoms. The molecule has 34 heavy (non-hydrogen) atoms. The van der Waals surface area contributed by atoms with Gasteiger partial charge in [-0.25, -0.2) is 0 Å². The van der Waals surface area contributed by atoms with Gasteiger partial charge in [-0.05, 0) is 50.2 Å². The molecule has 3 heterocycles. The molecule has 184 valence electrons. The lowest BCUT2D eigenvalue weighted by molar-refractivity contribution is -0.138. The molecule has 2 aliphatic rings. The van der Waals surface area contributed by atoms with Crippen LogP contribution < -0.4 is 4.74 Å². The van der Waals surface area contributed by atoms with Crippen LogP contribution >= 0.6 is 0 Å². The number of hydrogen-bond acceptors (Lipinski definition) is 4. The molecule has 0 atom stereocenters. The van der Waals surface area contributed by atoms with Crippen LogP contribution in [0.3, 0.4) is 0 Å². The summed E-state index contributed by atoms with van der Waals surface area (Å²) in [4.78, 5) is 29.7. The second kappa shape index (κ2) is 8.76. The molecule has 0 bridgehead atoms. The van der Waals surface area contributed by atoms with Crippen molar-refractivity contribution in [3.05, 3.63) is 52.8 Å². The Morgan fingerprint density at radius 3 is 2.29 bits per heavy atom. The zero-order valence-electron chi connectivity index (χ0n) is 19.9. The number of methoxy groups -OCH3 is 1. The van der Waals surface area contributed by atoms with Crippen LogP contribution in [0.5, 0.6) is 5.75 Å². The number of aromatic nitrogens is 1. The molecule has 0 unspecified atom stereocenters. The van der Waals surface area contributed by atoms with E-state index < -0.39 is 17.6 Å². The van der Waals surface area contributed by atoms with E-state index in [1.165, 1.54) is 19.2 Å². The third kappa shape index (κ3) is 4.00. The van der Waals surface area contributed by atoms with Gasteiger partial charge in [0.05, 0.1) is 23.9 Å². The topological polar surface area (TPSA) is 54.8 Å². The van der Waals surface area contributed by atoms with E-state index in [2.05, 4.69) is 16.5 Å². The fourth-order valence-electron chi connectivity index (χ4n) is 5.25. The number of Topliss-reactive ketones (excluding diaryl/α,β-unsaturated/α-hetero) is 1. The number of piperidine rings is 1. The third-order valence-electron chi connectivity index (χ3n) is 7.25. The third-order valence-corrected chi connectivity index (χ3v) is 7.25. The molecule has 1 saturated heterocycles. The first-order valence-electron chi connectivity index (χ1n) is 11.5. The van der Waals surface area contributed by atoms with Crippen molar-refractivity contribution in [2.75, 3.05) is 33.8 Å². The summed E-state index contributed by atoms with van der Waals surface area (Å²) in [6, 6.07) is 7.35. The Labute approximate surface area is 197 Å². The number of rotatable bonds is 4. The quantitative estimate of drug-likeness (QED) is 0.612. The number of nitrogens with zero attached hydrogens (tertiary/aromatic N) is 3. The van der Waals surface area contributed by atoms with Crippen LogP contribution in [0.1, 0.15) is 58.8 Å². The van der Waals surface area contributed by atoms with Crippen LogP contribution in [-0.4, -0.2) is 59.8 Å². The Bertz CT molecular complexity index is 1100.